The van der Waals surface area contributed by atoms with Gasteiger partial charge in [0.1, 0.15) is 5.75 Å². The lowest BCUT2D eigenvalue weighted by Crippen LogP contribution is -2.18. The highest BCUT2D eigenvalue weighted by Gasteiger charge is 2.43. The summed E-state index contributed by atoms with van der Waals surface area (Å²) in [5.41, 5.74) is 1.38. The van der Waals surface area contributed by atoms with E-state index in [2.05, 4.69) is 37.4 Å². The van der Waals surface area contributed by atoms with Crippen molar-refractivity contribution in [2.24, 2.45) is 5.41 Å². The Morgan fingerprint density at radius 2 is 2.26 bits per heavy atom. The van der Waals surface area contributed by atoms with Gasteiger partial charge in [-0.25, -0.2) is 0 Å². The van der Waals surface area contributed by atoms with Crippen molar-refractivity contribution in [2.45, 2.75) is 39.2 Å². The van der Waals surface area contributed by atoms with Crippen LogP contribution in [0.1, 0.15) is 44.7 Å². The summed E-state index contributed by atoms with van der Waals surface area (Å²) >= 11 is 0. The van der Waals surface area contributed by atoms with Crippen molar-refractivity contribution < 1.29 is 4.74 Å². The van der Waals surface area contributed by atoms with Crippen LogP contribution in [0.5, 0.6) is 5.75 Å². The molecule has 2 rings (SSSR count). The van der Waals surface area contributed by atoms with Gasteiger partial charge in [0.25, 0.3) is 0 Å². The van der Waals surface area contributed by atoms with E-state index in [4.69, 9.17) is 10.00 Å². The molecule has 1 aromatic rings. The number of hydrogen-bond donors (Lipinski definition) is 1. The van der Waals surface area contributed by atoms with Gasteiger partial charge in [0.2, 0.25) is 0 Å². The second-order valence-electron chi connectivity index (χ2n) is 5.48. The zero-order valence-corrected chi connectivity index (χ0v) is 11.8. The molecule has 0 saturated heterocycles. The van der Waals surface area contributed by atoms with Crippen LogP contribution in [0.4, 0.5) is 0 Å². The highest BCUT2D eigenvalue weighted by molar-refractivity contribution is 5.30. The molecule has 1 unspecified atom stereocenters. The second-order valence-corrected chi connectivity index (χ2v) is 5.48. The van der Waals surface area contributed by atoms with Crippen LogP contribution in [0.25, 0.3) is 0 Å². The zero-order chi connectivity index (χ0) is 13.7. The van der Waals surface area contributed by atoms with Gasteiger partial charge in [-0.3, -0.25) is 0 Å². The average Bonchev–Trinajstić information content (AvgIpc) is 3.18. The molecule has 102 valence electrons. The van der Waals surface area contributed by atoms with E-state index in [0.717, 1.165) is 25.1 Å². The first-order chi connectivity index (χ1) is 9.19. The number of nitrogens with zero attached hydrogens (tertiary/aromatic N) is 1. The third-order valence-corrected chi connectivity index (χ3v) is 3.82. The minimum absolute atomic E-state index is 0.137. The summed E-state index contributed by atoms with van der Waals surface area (Å²) < 4.78 is 5.88. The van der Waals surface area contributed by atoms with Crippen molar-refractivity contribution in [1.82, 2.24) is 5.32 Å². The Balaban J connectivity index is 1.94. The monoisotopic (exact) mass is 258 g/mol. The molecule has 1 saturated carbocycles. The first-order valence-corrected chi connectivity index (χ1v) is 7.02. The van der Waals surface area contributed by atoms with Crippen LogP contribution in [0.2, 0.25) is 0 Å². The minimum Gasteiger partial charge on any atom is -0.493 e. The number of benzene rings is 1. The van der Waals surface area contributed by atoms with Crippen LogP contribution in [-0.2, 0) is 0 Å². The van der Waals surface area contributed by atoms with Crippen molar-refractivity contribution in [3.8, 4) is 11.8 Å². The first kappa shape index (κ1) is 13.9. The maximum Gasteiger partial charge on any atom is 0.119 e. The standard InChI is InChI=1S/C16H22N2O/c1-3-18-13(2)14-5-4-6-15(11-14)19-12-16(7-8-16)9-10-17/h4-6,11,13,18H,3,7-9,12H2,1-2H3. The maximum absolute atomic E-state index is 8.80. The van der Waals surface area contributed by atoms with Gasteiger partial charge in [0.05, 0.1) is 12.7 Å². The summed E-state index contributed by atoms with van der Waals surface area (Å²) in [6.45, 7) is 5.88. The van der Waals surface area contributed by atoms with E-state index in [1.54, 1.807) is 0 Å². The van der Waals surface area contributed by atoms with E-state index >= 15 is 0 Å². The molecule has 1 aliphatic carbocycles. The predicted molar refractivity (Wildman–Crippen MR) is 75.9 cm³/mol. The van der Waals surface area contributed by atoms with Gasteiger partial charge in [-0.1, -0.05) is 19.1 Å². The third kappa shape index (κ3) is 3.71. The molecule has 3 heteroatoms. The summed E-state index contributed by atoms with van der Waals surface area (Å²) in [6, 6.07) is 10.8. The summed E-state index contributed by atoms with van der Waals surface area (Å²) in [4.78, 5) is 0. The van der Waals surface area contributed by atoms with Gasteiger partial charge < -0.3 is 10.1 Å². The van der Waals surface area contributed by atoms with E-state index in [0.29, 0.717) is 19.1 Å². The van der Waals surface area contributed by atoms with Crippen LogP contribution in [0, 0.1) is 16.7 Å². The van der Waals surface area contributed by atoms with Gasteiger partial charge in [-0.05, 0) is 44.0 Å². The molecule has 0 heterocycles. The highest BCUT2D eigenvalue weighted by atomic mass is 16.5. The number of hydrogen-bond acceptors (Lipinski definition) is 3. The molecule has 1 fully saturated rings. The fourth-order valence-corrected chi connectivity index (χ4v) is 2.25. The Kier molecular flexibility index (Phi) is 4.44. The molecule has 1 aliphatic rings. The smallest absolute Gasteiger partial charge is 0.119 e. The molecule has 0 amide bonds. The summed E-state index contributed by atoms with van der Waals surface area (Å²) in [6.07, 6.45) is 2.85. The average molecular weight is 258 g/mol. The normalized spacial score (nSPS) is 17.5. The van der Waals surface area contributed by atoms with Gasteiger partial charge in [-0.15, -0.1) is 0 Å². The Bertz CT molecular complexity index is 460. The molecule has 0 spiro atoms. The number of nitriles is 1. The second kappa shape index (κ2) is 6.08. The third-order valence-electron chi connectivity index (χ3n) is 3.82. The molecule has 1 atom stereocenters. The molecule has 0 radical (unpaired) electrons. The minimum atomic E-state index is 0.137. The van der Waals surface area contributed by atoms with Crippen molar-refractivity contribution in [3.63, 3.8) is 0 Å². The van der Waals surface area contributed by atoms with Crippen molar-refractivity contribution in [2.75, 3.05) is 13.2 Å². The zero-order valence-electron chi connectivity index (χ0n) is 11.8. The van der Waals surface area contributed by atoms with Crippen molar-refractivity contribution >= 4 is 0 Å². The van der Waals surface area contributed by atoms with Crippen LogP contribution in [0.15, 0.2) is 24.3 Å². The number of ether oxygens (including phenoxy) is 1. The predicted octanol–water partition coefficient (Wildman–Crippen LogP) is 3.43. The van der Waals surface area contributed by atoms with Crippen LogP contribution >= 0.6 is 0 Å². The van der Waals surface area contributed by atoms with Crippen LogP contribution < -0.4 is 10.1 Å². The van der Waals surface area contributed by atoms with Crippen molar-refractivity contribution in [3.05, 3.63) is 29.8 Å². The number of nitrogens with one attached hydrogen (secondary N) is 1. The molecular weight excluding hydrogens is 236 g/mol. The molecule has 3 nitrogen and oxygen atoms in total. The van der Waals surface area contributed by atoms with E-state index < -0.39 is 0 Å². The fraction of sp³-hybridized carbons (Fsp3) is 0.562. The maximum atomic E-state index is 8.80. The van der Waals surface area contributed by atoms with E-state index in [1.807, 2.05) is 12.1 Å². The topological polar surface area (TPSA) is 45.0 Å². The van der Waals surface area contributed by atoms with Gasteiger partial charge in [0.15, 0.2) is 0 Å². The molecule has 1 N–H and O–H groups in total. The summed E-state index contributed by atoms with van der Waals surface area (Å²) in [5.74, 6) is 0.909. The molecular formula is C16H22N2O. The Morgan fingerprint density at radius 1 is 1.47 bits per heavy atom. The van der Waals surface area contributed by atoms with Gasteiger partial charge >= 0.3 is 0 Å². The summed E-state index contributed by atoms with van der Waals surface area (Å²) in [7, 11) is 0. The fourth-order valence-electron chi connectivity index (χ4n) is 2.25. The molecule has 0 aromatic heterocycles. The highest BCUT2D eigenvalue weighted by Crippen LogP contribution is 2.48. The van der Waals surface area contributed by atoms with E-state index in [1.165, 1.54) is 5.56 Å². The first-order valence-electron chi connectivity index (χ1n) is 7.02. The lowest BCUT2D eigenvalue weighted by atomic mass is 10.1. The lowest BCUT2D eigenvalue weighted by Gasteiger charge is -2.16. The SMILES string of the molecule is CCNC(C)c1cccc(OCC2(CC#N)CC2)c1. The molecule has 0 aliphatic heterocycles. The Hall–Kier alpha value is -1.53. The largest absolute Gasteiger partial charge is 0.493 e. The molecule has 19 heavy (non-hydrogen) atoms. The number of rotatable bonds is 7. The van der Waals surface area contributed by atoms with Gasteiger partial charge in [0, 0.05) is 17.9 Å². The summed E-state index contributed by atoms with van der Waals surface area (Å²) in [5, 5.41) is 12.2. The van der Waals surface area contributed by atoms with E-state index in [-0.39, 0.29) is 5.41 Å². The molecule has 1 aromatic carbocycles. The van der Waals surface area contributed by atoms with Crippen LogP contribution in [-0.4, -0.2) is 13.2 Å². The quantitative estimate of drug-likeness (QED) is 0.815. The van der Waals surface area contributed by atoms with E-state index in [9.17, 15) is 0 Å². The lowest BCUT2D eigenvalue weighted by molar-refractivity contribution is 0.236. The molecule has 0 bridgehead atoms. The Labute approximate surface area is 115 Å². The van der Waals surface area contributed by atoms with Crippen molar-refractivity contribution in [1.29, 1.82) is 5.26 Å². The van der Waals surface area contributed by atoms with Gasteiger partial charge in [-0.2, -0.15) is 5.26 Å². The van der Waals surface area contributed by atoms with Crippen LogP contribution in [0.3, 0.4) is 0 Å². The Morgan fingerprint density at radius 3 is 2.89 bits per heavy atom.